The predicted molar refractivity (Wildman–Crippen MR) is 51.7 cm³/mol. The fourth-order valence-corrected chi connectivity index (χ4v) is 1.59. The van der Waals surface area contributed by atoms with Crippen molar-refractivity contribution in [2.45, 2.75) is 31.8 Å². The zero-order valence-corrected chi connectivity index (χ0v) is 9.78. The zero-order valence-electron chi connectivity index (χ0n) is 8.97. The molecule has 90 valence electrons. The lowest BCUT2D eigenvalue weighted by molar-refractivity contribution is -0.152. The van der Waals surface area contributed by atoms with Gasteiger partial charge < -0.3 is 14.6 Å². The topological polar surface area (TPSA) is 82.1 Å². The van der Waals surface area contributed by atoms with E-state index in [1.54, 1.807) is 13.8 Å². The monoisotopic (exact) mass is 240 g/mol. The van der Waals surface area contributed by atoms with Crippen molar-refractivity contribution < 1.29 is 27.2 Å². The highest BCUT2D eigenvalue weighted by Gasteiger charge is 2.37. The number of ether oxygens (including phenoxy) is 2. The van der Waals surface area contributed by atoms with Gasteiger partial charge in [-0.3, -0.25) is 4.18 Å². The van der Waals surface area contributed by atoms with Crippen molar-refractivity contribution in [2.75, 3.05) is 19.5 Å². The maximum Gasteiger partial charge on any atom is 0.264 e. The van der Waals surface area contributed by atoms with Crippen molar-refractivity contribution >= 4 is 10.1 Å². The summed E-state index contributed by atoms with van der Waals surface area (Å²) in [6, 6.07) is 0. The van der Waals surface area contributed by atoms with E-state index in [-0.39, 0.29) is 13.2 Å². The van der Waals surface area contributed by atoms with Gasteiger partial charge in [0.1, 0.15) is 12.2 Å². The van der Waals surface area contributed by atoms with E-state index >= 15 is 0 Å². The number of hydrogen-bond donors (Lipinski definition) is 1. The van der Waals surface area contributed by atoms with Gasteiger partial charge in [0.2, 0.25) is 0 Å². The summed E-state index contributed by atoms with van der Waals surface area (Å²) < 4.78 is 36.4. The third-order valence-corrected chi connectivity index (χ3v) is 2.48. The molecule has 15 heavy (non-hydrogen) atoms. The van der Waals surface area contributed by atoms with Gasteiger partial charge in [-0.25, -0.2) is 0 Å². The molecule has 1 aliphatic heterocycles. The van der Waals surface area contributed by atoms with Crippen LogP contribution in [0.4, 0.5) is 0 Å². The van der Waals surface area contributed by atoms with Gasteiger partial charge >= 0.3 is 0 Å². The molecule has 1 fully saturated rings. The highest BCUT2D eigenvalue weighted by atomic mass is 32.2. The summed E-state index contributed by atoms with van der Waals surface area (Å²) in [5.41, 5.74) is 0. The van der Waals surface area contributed by atoms with Crippen LogP contribution in [0, 0.1) is 0 Å². The molecule has 2 atom stereocenters. The molecule has 0 spiro atoms. The van der Waals surface area contributed by atoms with Crippen LogP contribution in [-0.4, -0.2) is 51.0 Å². The highest BCUT2D eigenvalue weighted by molar-refractivity contribution is 7.85. The lowest BCUT2D eigenvalue weighted by atomic mass is 10.2. The molecule has 0 aromatic heterocycles. The second kappa shape index (κ2) is 4.34. The molecule has 0 saturated carbocycles. The van der Waals surface area contributed by atoms with E-state index < -0.39 is 28.1 Å². The van der Waals surface area contributed by atoms with Crippen LogP contribution in [0.2, 0.25) is 0 Å². The maximum absolute atomic E-state index is 10.7. The first-order chi connectivity index (χ1) is 6.70. The normalized spacial score (nSPS) is 27.9. The molecule has 1 saturated heterocycles. The molecular formula is C8H16O6S. The Morgan fingerprint density at radius 2 is 2.20 bits per heavy atom. The largest absolute Gasteiger partial charge is 0.388 e. The van der Waals surface area contributed by atoms with Crippen LogP contribution in [0.25, 0.3) is 0 Å². The molecule has 0 aromatic rings. The average molecular weight is 240 g/mol. The first kappa shape index (κ1) is 12.9. The van der Waals surface area contributed by atoms with Gasteiger partial charge in [0.25, 0.3) is 10.1 Å². The van der Waals surface area contributed by atoms with Crippen molar-refractivity contribution in [3.8, 4) is 0 Å². The Balaban J connectivity index is 2.39. The summed E-state index contributed by atoms with van der Waals surface area (Å²) in [6.07, 6.45) is -0.640. The zero-order chi connectivity index (χ0) is 11.7. The molecule has 1 rings (SSSR count). The Bertz CT molecular complexity index is 309. The van der Waals surface area contributed by atoms with Gasteiger partial charge in [0, 0.05) is 0 Å². The molecule has 6 nitrogen and oxygen atoms in total. The first-order valence-corrected chi connectivity index (χ1v) is 6.35. The van der Waals surface area contributed by atoms with E-state index in [2.05, 4.69) is 4.18 Å². The van der Waals surface area contributed by atoms with Gasteiger partial charge in [0.05, 0.1) is 19.5 Å². The molecule has 1 N–H and O–H groups in total. The fourth-order valence-electron chi connectivity index (χ4n) is 1.21. The van der Waals surface area contributed by atoms with Crippen LogP contribution in [0.1, 0.15) is 13.8 Å². The smallest absolute Gasteiger partial charge is 0.264 e. The summed E-state index contributed by atoms with van der Waals surface area (Å²) in [6.45, 7) is 3.35. The van der Waals surface area contributed by atoms with Crippen molar-refractivity contribution in [3.63, 3.8) is 0 Å². The SMILES string of the molecule is CC1(C)OCC(C(O)COS(C)(=O)=O)O1. The van der Waals surface area contributed by atoms with Gasteiger partial charge in [-0.2, -0.15) is 8.42 Å². The molecule has 0 aromatic carbocycles. The van der Waals surface area contributed by atoms with E-state index in [1.807, 2.05) is 0 Å². The third kappa shape index (κ3) is 4.43. The summed E-state index contributed by atoms with van der Waals surface area (Å²) in [5, 5.41) is 9.55. The van der Waals surface area contributed by atoms with E-state index in [0.29, 0.717) is 0 Å². The fraction of sp³-hybridized carbons (Fsp3) is 1.00. The summed E-state index contributed by atoms with van der Waals surface area (Å²) >= 11 is 0. The van der Waals surface area contributed by atoms with E-state index in [4.69, 9.17) is 9.47 Å². The van der Waals surface area contributed by atoms with Crippen LogP contribution in [-0.2, 0) is 23.8 Å². The molecule has 7 heteroatoms. The van der Waals surface area contributed by atoms with Crippen molar-refractivity contribution in [1.29, 1.82) is 0 Å². The molecule has 0 bridgehead atoms. The molecular weight excluding hydrogens is 224 g/mol. The predicted octanol–water partition coefficient (Wildman–Crippen LogP) is -0.525. The second-order valence-corrected chi connectivity index (χ2v) is 5.57. The first-order valence-electron chi connectivity index (χ1n) is 4.54. The lowest BCUT2D eigenvalue weighted by Gasteiger charge is -2.19. The molecule has 0 radical (unpaired) electrons. The van der Waals surface area contributed by atoms with Crippen LogP contribution in [0.15, 0.2) is 0 Å². The summed E-state index contributed by atoms with van der Waals surface area (Å²) in [5.74, 6) is -0.739. The molecule has 2 unspecified atom stereocenters. The molecule has 1 heterocycles. The van der Waals surface area contributed by atoms with Crippen molar-refractivity contribution in [1.82, 2.24) is 0 Å². The van der Waals surface area contributed by atoms with Crippen LogP contribution in [0.3, 0.4) is 0 Å². The Morgan fingerprint density at radius 3 is 2.60 bits per heavy atom. The van der Waals surface area contributed by atoms with E-state index in [9.17, 15) is 13.5 Å². The van der Waals surface area contributed by atoms with Crippen molar-refractivity contribution in [3.05, 3.63) is 0 Å². The van der Waals surface area contributed by atoms with Gasteiger partial charge in [-0.05, 0) is 13.8 Å². The second-order valence-electron chi connectivity index (χ2n) is 3.92. The Morgan fingerprint density at radius 1 is 1.60 bits per heavy atom. The van der Waals surface area contributed by atoms with Crippen molar-refractivity contribution in [2.24, 2.45) is 0 Å². The highest BCUT2D eigenvalue weighted by Crippen LogP contribution is 2.24. The van der Waals surface area contributed by atoms with Gasteiger partial charge in [-0.1, -0.05) is 0 Å². The molecule has 0 amide bonds. The van der Waals surface area contributed by atoms with Gasteiger partial charge in [0.15, 0.2) is 5.79 Å². The minimum Gasteiger partial charge on any atom is -0.388 e. The van der Waals surface area contributed by atoms with Gasteiger partial charge in [-0.15, -0.1) is 0 Å². The molecule has 1 aliphatic rings. The number of aliphatic hydroxyl groups is 1. The number of aliphatic hydroxyl groups excluding tert-OH is 1. The average Bonchev–Trinajstić information content (AvgIpc) is 2.40. The summed E-state index contributed by atoms with van der Waals surface area (Å²) in [7, 11) is -3.53. The number of hydrogen-bond acceptors (Lipinski definition) is 6. The van der Waals surface area contributed by atoms with Crippen LogP contribution < -0.4 is 0 Å². The summed E-state index contributed by atoms with van der Waals surface area (Å²) in [4.78, 5) is 0. The van der Waals surface area contributed by atoms with E-state index in [1.165, 1.54) is 0 Å². The van der Waals surface area contributed by atoms with Crippen LogP contribution >= 0.6 is 0 Å². The Labute approximate surface area is 89.3 Å². The minimum absolute atomic E-state index is 0.224. The maximum atomic E-state index is 10.7. The van der Waals surface area contributed by atoms with E-state index in [0.717, 1.165) is 6.26 Å². The lowest BCUT2D eigenvalue weighted by Crippen LogP contribution is -2.34. The molecule has 0 aliphatic carbocycles. The standard InChI is InChI=1S/C8H16O6S/c1-8(2)12-5-7(14-8)6(9)4-13-15(3,10)11/h6-7,9H,4-5H2,1-3H3. The third-order valence-electron chi connectivity index (χ3n) is 1.91. The van der Waals surface area contributed by atoms with Crippen LogP contribution in [0.5, 0.6) is 0 Å². The Kier molecular flexibility index (Phi) is 3.72. The minimum atomic E-state index is -3.53. The number of rotatable bonds is 4. The Hall–Kier alpha value is -0.210. The quantitative estimate of drug-likeness (QED) is 0.665.